The molecule has 0 aliphatic rings. The molecular formula is C13H14NOPS. The summed E-state index contributed by atoms with van der Waals surface area (Å²) in [4.78, 5) is 4.38. The summed E-state index contributed by atoms with van der Waals surface area (Å²) in [6, 6.07) is 13.9. The van der Waals surface area contributed by atoms with Gasteiger partial charge < -0.3 is 4.52 Å². The predicted octanol–water partition coefficient (Wildman–Crippen LogP) is 2.38. The fourth-order valence-electron chi connectivity index (χ4n) is 1.64. The molecule has 1 atom stereocenters. The monoisotopic (exact) mass is 263 g/mol. The van der Waals surface area contributed by atoms with E-state index in [1.165, 1.54) is 0 Å². The molecule has 0 amide bonds. The molecule has 0 fully saturated rings. The number of aryl methyl sites for hydroxylation is 1. The second-order valence-electron chi connectivity index (χ2n) is 3.76. The van der Waals surface area contributed by atoms with Crippen molar-refractivity contribution in [3.8, 4) is 0 Å². The fraction of sp³-hybridized carbons (Fsp3) is 0.154. The molecular weight excluding hydrogens is 249 g/mol. The van der Waals surface area contributed by atoms with Crippen molar-refractivity contribution >= 4 is 28.8 Å². The van der Waals surface area contributed by atoms with Gasteiger partial charge in [-0.1, -0.05) is 42.1 Å². The Labute approximate surface area is 107 Å². The van der Waals surface area contributed by atoms with Crippen LogP contribution in [0.2, 0.25) is 0 Å². The van der Waals surface area contributed by atoms with Crippen LogP contribution in [0, 0.1) is 6.92 Å². The lowest BCUT2D eigenvalue weighted by Gasteiger charge is -2.20. The Bertz CT molecular complexity index is 556. The second-order valence-corrected chi connectivity index (χ2v) is 7.75. The van der Waals surface area contributed by atoms with Crippen LogP contribution in [0.4, 0.5) is 0 Å². The summed E-state index contributed by atoms with van der Waals surface area (Å²) in [5.74, 6) is 0. The van der Waals surface area contributed by atoms with Crippen molar-refractivity contribution in [1.82, 2.24) is 4.98 Å². The Morgan fingerprint density at radius 3 is 2.47 bits per heavy atom. The van der Waals surface area contributed by atoms with Crippen molar-refractivity contribution in [2.45, 2.75) is 6.92 Å². The second kappa shape index (κ2) is 5.09. The predicted molar refractivity (Wildman–Crippen MR) is 76.0 cm³/mol. The van der Waals surface area contributed by atoms with Crippen molar-refractivity contribution in [3.63, 3.8) is 0 Å². The van der Waals surface area contributed by atoms with Crippen LogP contribution in [-0.2, 0) is 16.3 Å². The number of hydrogen-bond donors (Lipinski definition) is 0. The van der Waals surface area contributed by atoms with Crippen LogP contribution < -0.4 is 10.7 Å². The van der Waals surface area contributed by atoms with Gasteiger partial charge in [-0.3, -0.25) is 4.98 Å². The molecule has 17 heavy (non-hydrogen) atoms. The number of pyridine rings is 1. The van der Waals surface area contributed by atoms with Crippen LogP contribution in [0.3, 0.4) is 0 Å². The smallest absolute Gasteiger partial charge is 0.140 e. The molecule has 2 nitrogen and oxygen atoms in total. The van der Waals surface area contributed by atoms with E-state index < -0.39 is 6.26 Å². The minimum Gasteiger partial charge on any atom is -0.345 e. The highest BCUT2D eigenvalue weighted by molar-refractivity contribution is 8.19. The number of rotatable bonds is 3. The molecule has 4 heteroatoms. The number of hydrogen-bond acceptors (Lipinski definition) is 3. The SMILES string of the molecule is COP(=S)(c1ccccc1)c1cc(C)ccn1. The van der Waals surface area contributed by atoms with E-state index in [1.54, 1.807) is 13.3 Å². The Balaban J connectivity index is 2.56. The van der Waals surface area contributed by atoms with Gasteiger partial charge in [-0.15, -0.1) is 0 Å². The molecule has 1 aromatic heterocycles. The quantitative estimate of drug-likeness (QED) is 0.794. The third kappa shape index (κ3) is 2.47. The van der Waals surface area contributed by atoms with E-state index in [2.05, 4.69) is 4.98 Å². The topological polar surface area (TPSA) is 22.1 Å². The molecule has 88 valence electrons. The lowest BCUT2D eigenvalue weighted by atomic mass is 10.3. The van der Waals surface area contributed by atoms with Crippen LogP contribution in [0.25, 0.3) is 0 Å². The molecule has 0 bridgehead atoms. The van der Waals surface area contributed by atoms with E-state index in [4.69, 9.17) is 16.3 Å². The van der Waals surface area contributed by atoms with E-state index in [9.17, 15) is 0 Å². The zero-order chi connectivity index (χ0) is 12.3. The molecule has 1 unspecified atom stereocenters. The minimum atomic E-state index is -2.21. The first-order chi connectivity index (χ1) is 8.16. The van der Waals surface area contributed by atoms with E-state index in [1.807, 2.05) is 49.4 Å². The van der Waals surface area contributed by atoms with Crippen LogP contribution in [0.15, 0.2) is 48.7 Å². The van der Waals surface area contributed by atoms with Gasteiger partial charge >= 0.3 is 0 Å². The molecule has 0 spiro atoms. The highest BCUT2D eigenvalue weighted by Gasteiger charge is 2.23. The van der Waals surface area contributed by atoms with Gasteiger partial charge in [-0.05, 0) is 24.6 Å². The van der Waals surface area contributed by atoms with Crippen LogP contribution >= 0.6 is 6.26 Å². The first-order valence-electron chi connectivity index (χ1n) is 5.31. The lowest BCUT2D eigenvalue weighted by Crippen LogP contribution is -2.19. The summed E-state index contributed by atoms with van der Waals surface area (Å²) in [5, 5.41) is 1.04. The molecule has 0 N–H and O–H groups in total. The van der Waals surface area contributed by atoms with Crippen molar-refractivity contribution in [1.29, 1.82) is 0 Å². The van der Waals surface area contributed by atoms with Crippen LogP contribution in [0.5, 0.6) is 0 Å². The van der Waals surface area contributed by atoms with E-state index in [-0.39, 0.29) is 0 Å². The molecule has 0 aliphatic heterocycles. The van der Waals surface area contributed by atoms with Crippen molar-refractivity contribution < 1.29 is 4.52 Å². The Morgan fingerprint density at radius 1 is 1.18 bits per heavy atom. The minimum absolute atomic E-state index is 0.862. The van der Waals surface area contributed by atoms with E-state index in [0.29, 0.717) is 0 Å². The summed E-state index contributed by atoms with van der Waals surface area (Å²) < 4.78 is 5.63. The Kier molecular flexibility index (Phi) is 3.72. The molecule has 1 aromatic carbocycles. The molecule has 0 radical (unpaired) electrons. The number of aromatic nitrogens is 1. The number of nitrogens with zero attached hydrogens (tertiary/aromatic N) is 1. The first kappa shape index (κ1) is 12.4. The molecule has 2 aromatic rings. The summed E-state index contributed by atoms with van der Waals surface area (Å²) in [6.45, 7) is 2.03. The van der Waals surface area contributed by atoms with Gasteiger partial charge in [-0.2, -0.15) is 0 Å². The fourth-order valence-corrected chi connectivity index (χ4v) is 4.12. The zero-order valence-electron chi connectivity index (χ0n) is 9.83. The molecule has 0 saturated carbocycles. The summed E-state index contributed by atoms with van der Waals surface area (Å²) in [6.07, 6.45) is -0.424. The average molecular weight is 263 g/mol. The molecule has 0 saturated heterocycles. The summed E-state index contributed by atoms with van der Waals surface area (Å²) >= 11 is 5.72. The maximum absolute atomic E-state index is 5.72. The van der Waals surface area contributed by atoms with Gasteiger partial charge in [0, 0.05) is 18.6 Å². The highest BCUT2D eigenvalue weighted by Crippen LogP contribution is 2.43. The third-order valence-electron chi connectivity index (χ3n) is 2.56. The largest absolute Gasteiger partial charge is 0.345 e. The normalized spacial score (nSPS) is 14.2. The van der Waals surface area contributed by atoms with Gasteiger partial charge in [0.05, 0.1) is 0 Å². The summed E-state index contributed by atoms with van der Waals surface area (Å²) in [5.41, 5.74) is 2.01. The number of benzene rings is 1. The zero-order valence-corrected chi connectivity index (χ0v) is 11.5. The maximum Gasteiger partial charge on any atom is 0.140 e. The van der Waals surface area contributed by atoms with Gasteiger partial charge in [0.15, 0.2) is 0 Å². The standard InChI is InChI=1S/C13H14NOPS/c1-11-8-9-14-13(10-11)16(17,15-2)12-6-4-3-5-7-12/h3-10H,1-2H3. The van der Waals surface area contributed by atoms with Crippen LogP contribution in [0.1, 0.15) is 5.56 Å². The maximum atomic E-state index is 5.72. The van der Waals surface area contributed by atoms with Gasteiger partial charge in [0.25, 0.3) is 0 Å². The average Bonchev–Trinajstić information content (AvgIpc) is 2.39. The molecule has 0 aliphatic carbocycles. The van der Waals surface area contributed by atoms with E-state index in [0.717, 1.165) is 16.3 Å². The first-order valence-corrected chi connectivity index (χ1v) is 8.03. The van der Waals surface area contributed by atoms with Crippen LogP contribution in [-0.4, -0.2) is 12.1 Å². The summed E-state index contributed by atoms with van der Waals surface area (Å²) in [7, 11) is 1.66. The molecule has 2 rings (SSSR count). The molecule has 1 heterocycles. The van der Waals surface area contributed by atoms with Gasteiger partial charge in [0.1, 0.15) is 11.7 Å². The van der Waals surface area contributed by atoms with Crippen molar-refractivity contribution in [2.24, 2.45) is 0 Å². The third-order valence-corrected chi connectivity index (χ3v) is 6.54. The lowest BCUT2D eigenvalue weighted by molar-refractivity contribution is 0.471. The van der Waals surface area contributed by atoms with Gasteiger partial charge in [-0.25, -0.2) is 0 Å². The van der Waals surface area contributed by atoms with Gasteiger partial charge in [0.2, 0.25) is 0 Å². The van der Waals surface area contributed by atoms with Crippen molar-refractivity contribution in [3.05, 3.63) is 54.2 Å². The van der Waals surface area contributed by atoms with E-state index >= 15 is 0 Å². The Hall–Kier alpha value is -1.02. The Morgan fingerprint density at radius 2 is 1.88 bits per heavy atom. The highest BCUT2D eigenvalue weighted by atomic mass is 32.4. The van der Waals surface area contributed by atoms with Crippen molar-refractivity contribution in [2.75, 3.05) is 7.11 Å².